The van der Waals surface area contributed by atoms with E-state index in [1.807, 2.05) is 0 Å². The van der Waals surface area contributed by atoms with Crippen LogP contribution in [0.2, 0.25) is 0 Å². The molecule has 0 amide bonds. The Hall–Kier alpha value is -0.520. The van der Waals surface area contributed by atoms with Crippen LogP contribution in [0.1, 0.15) is 32.6 Å². The molecule has 2 aliphatic rings. The molecule has 10 heavy (non-hydrogen) atoms. The lowest BCUT2D eigenvalue weighted by atomic mass is 9.76. The highest BCUT2D eigenvalue weighted by atomic mass is 14.3. The van der Waals surface area contributed by atoms with Gasteiger partial charge in [0.15, 0.2) is 0 Å². The maximum absolute atomic E-state index is 2.31. The molecule has 0 heterocycles. The Labute approximate surface area is 62.6 Å². The van der Waals surface area contributed by atoms with Crippen molar-refractivity contribution in [1.29, 1.82) is 0 Å². The van der Waals surface area contributed by atoms with Crippen LogP contribution in [0.25, 0.3) is 0 Å². The summed E-state index contributed by atoms with van der Waals surface area (Å²) in [5, 5.41) is 0. The van der Waals surface area contributed by atoms with Gasteiger partial charge in [0.1, 0.15) is 0 Å². The summed E-state index contributed by atoms with van der Waals surface area (Å²) in [6.45, 7) is 2.30. The third kappa shape index (κ3) is 0.749. The first kappa shape index (κ1) is 6.21. The monoisotopic (exact) mass is 134 g/mol. The van der Waals surface area contributed by atoms with E-state index in [4.69, 9.17) is 0 Å². The van der Waals surface area contributed by atoms with Crippen LogP contribution in [0.15, 0.2) is 23.3 Å². The fraction of sp³-hybridized carbons (Fsp3) is 0.600. The van der Waals surface area contributed by atoms with E-state index in [-0.39, 0.29) is 0 Å². The molecular weight excluding hydrogens is 120 g/mol. The van der Waals surface area contributed by atoms with Crippen LogP contribution in [0.5, 0.6) is 0 Å². The second kappa shape index (κ2) is 2.26. The molecule has 0 radical (unpaired) electrons. The zero-order valence-corrected chi connectivity index (χ0v) is 6.56. The van der Waals surface area contributed by atoms with Crippen molar-refractivity contribution >= 4 is 0 Å². The first-order valence-corrected chi connectivity index (χ1v) is 4.33. The summed E-state index contributed by atoms with van der Waals surface area (Å²) in [7, 11) is 0. The van der Waals surface area contributed by atoms with Crippen LogP contribution in [0.4, 0.5) is 0 Å². The largest absolute Gasteiger partial charge is 0.0648 e. The zero-order chi connectivity index (χ0) is 6.97. The summed E-state index contributed by atoms with van der Waals surface area (Å²) >= 11 is 0. The van der Waals surface area contributed by atoms with Crippen LogP contribution < -0.4 is 0 Å². The van der Waals surface area contributed by atoms with Crippen LogP contribution >= 0.6 is 0 Å². The predicted molar refractivity (Wildman–Crippen MR) is 43.8 cm³/mol. The Bertz CT molecular complexity index is 196. The first-order valence-electron chi connectivity index (χ1n) is 4.33. The lowest BCUT2D eigenvalue weighted by Gasteiger charge is -2.29. The quantitative estimate of drug-likeness (QED) is 0.517. The van der Waals surface area contributed by atoms with Gasteiger partial charge in [-0.05, 0) is 42.7 Å². The summed E-state index contributed by atoms with van der Waals surface area (Å²) in [6.07, 6.45) is 10.1. The summed E-state index contributed by atoms with van der Waals surface area (Å²) < 4.78 is 0. The molecule has 0 fully saturated rings. The van der Waals surface area contributed by atoms with Crippen molar-refractivity contribution in [2.24, 2.45) is 5.92 Å². The normalized spacial score (nSPS) is 29.9. The summed E-state index contributed by atoms with van der Waals surface area (Å²) in [4.78, 5) is 0. The molecule has 1 unspecified atom stereocenters. The molecule has 0 N–H and O–H groups in total. The third-order valence-corrected chi connectivity index (χ3v) is 2.77. The Morgan fingerprint density at radius 1 is 1.50 bits per heavy atom. The molecule has 2 aliphatic carbocycles. The van der Waals surface area contributed by atoms with Gasteiger partial charge in [0, 0.05) is 0 Å². The minimum absolute atomic E-state index is 0.911. The molecule has 0 aromatic carbocycles. The van der Waals surface area contributed by atoms with Crippen LogP contribution in [-0.2, 0) is 0 Å². The van der Waals surface area contributed by atoms with Crippen LogP contribution in [-0.4, -0.2) is 0 Å². The SMILES string of the molecule is CCC1CCCC2=C1C=C2. The van der Waals surface area contributed by atoms with Crippen molar-refractivity contribution in [3.8, 4) is 0 Å². The molecule has 0 bridgehead atoms. The molecule has 0 spiro atoms. The molecule has 2 rings (SSSR count). The zero-order valence-electron chi connectivity index (χ0n) is 6.56. The van der Waals surface area contributed by atoms with Crippen molar-refractivity contribution in [2.45, 2.75) is 32.6 Å². The minimum atomic E-state index is 0.911. The highest BCUT2D eigenvalue weighted by Gasteiger charge is 2.22. The average Bonchev–Trinajstić information content (AvgIpc) is 1.91. The van der Waals surface area contributed by atoms with Crippen molar-refractivity contribution in [3.05, 3.63) is 23.3 Å². The van der Waals surface area contributed by atoms with Gasteiger partial charge in [0.25, 0.3) is 0 Å². The summed E-state index contributed by atoms with van der Waals surface area (Å²) in [5.41, 5.74) is 3.33. The van der Waals surface area contributed by atoms with Crippen LogP contribution in [0.3, 0.4) is 0 Å². The smallest absolute Gasteiger partial charge is 0.0162 e. The molecule has 0 saturated carbocycles. The van der Waals surface area contributed by atoms with Gasteiger partial charge in [-0.1, -0.05) is 19.1 Å². The Morgan fingerprint density at radius 3 is 2.90 bits per heavy atom. The van der Waals surface area contributed by atoms with Crippen molar-refractivity contribution < 1.29 is 0 Å². The van der Waals surface area contributed by atoms with Crippen molar-refractivity contribution in [1.82, 2.24) is 0 Å². The van der Waals surface area contributed by atoms with Gasteiger partial charge in [-0.15, -0.1) is 0 Å². The van der Waals surface area contributed by atoms with E-state index in [9.17, 15) is 0 Å². The maximum Gasteiger partial charge on any atom is -0.0162 e. The second-order valence-corrected chi connectivity index (χ2v) is 3.31. The maximum atomic E-state index is 2.31. The third-order valence-electron chi connectivity index (χ3n) is 2.77. The fourth-order valence-electron chi connectivity index (χ4n) is 2.04. The Balaban J connectivity index is 2.15. The van der Waals surface area contributed by atoms with Gasteiger partial charge in [0.05, 0.1) is 0 Å². The Kier molecular flexibility index (Phi) is 1.40. The van der Waals surface area contributed by atoms with Gasteiger partial charge in [0.2, 0.25) is 0 Å². The highest BCUT2D eigenvalue weighted by molar-refractivity contribution is 5.47. The fourth-order valence-corrected chi connectivity index (χ4v) is 2.04. The molecular formula is C10H14. The van der Waals surface area contributed by atoms with E-state index in [1.165, 1.54) is 25.7 Å². The molecule has 54 valence electrons. The molecule has 0 aromatic rings. The van der Waals surface area contributed by atoms with E-state index >= 15 is 0 Å². The predicted octanol–water partition coefficient (Wildman–Crippen LogP) is 3.06. The topological polar surface area (TPSA) is 0 Å². The highest BCUT2D eigenvalue weighted by Crippen LogP contribution is 2.38. The summed E-state index contributed by atoms with van der Waals surface area (Å²) in [5.74, 6) is 0.911. The number of allylic oxidation sites excluding steroid dienone is 4. The first-order chi connectivity index (χ1) is 4.92. The van der Waals surface area contributed by atoms with Gasteiger partial charge < -0.3 is 0 Å². The van der Waals surface area contributed by atoms with Gasteiger partial charge >= 0.3 is 0 Å². The molecule has 0 aliphatic heterocycles. The second-order valence-electron chi connectivity index (χ2n) is 3.31. The van der Waals surface area contributed by atoms with E-state index < -0.39 is 0 Å². The van der Waals surface area contributed by atoms with E-state index in [2.05, 4.69) is 19.1 Å². The average molecular weight is 134 g/mol. The molecule has 0 aromatic heterocycles. The van der Waals surface area contributed by atoms with Crippen LogP contribution in [0, 0.1) is 5.92 Å². The van der Waals surface area contributed by atoms with Crippen molar-refractivity contribution in [2.75, 3.05) is 0 Å². The standard InChI is InChI=1S/C10H14/c1-2-8-4-3-5-9-6-7-10(8)9/h6-8H,2-5H2,1H3. The van der Waals surface area contributed by atoms with Gasteiger partial charge in [-0.3, -0.25) is 0 Å². The van der Waals surface area contributed by atoms with E-state index in [1.54, 1.807) is 11.1 Å². The van der Waals surface area contributed by atoms with E-state index in [0.29, 0.717) is 0 Å². The molecule has 0 nitrogen and oxygen atoms in total. The molecule has 0 saturated heterocycles. The lowest BCUT2D eigenvalue weighted by molar-refractivity contribution is 0.491. The van der Waals surface area contributed by atoms with Gasteiger partial charge in [-0.25, -0.2) is 0 Å². The molecule has 1 atom stereocenters. The van der Waals surface area contributed by atoms with Crippen molar-refractivity contribution in [3.63, 3.8) is 0 Å². The Morgan fingerprint density at radius 2 is 2.40 bits per heavy atom. The molecule has 0 heteroatoms. The number of rotatable bonds is 1. The van der Waals surface area contributed by atoms with Gasteiger partial charge in [-0.2, -0.15) is 0 Å². The van der Waals surface area contributed by atoms with E-state index in [0.717, 1.165) is 5.92 Å². The lowest BCUT2D eigenvalue weighted by Crippen LogP contribution is -2.13. The number of hydrogen-bond donors (Lipinski definition) is 0. The minimum Gasteiger partial charge on any atom is -0.0648 e. The number of hydrogen-bond acceptors (Lipinski definition) is 0. The summed E-state index contributed by atoms with van der Waals surface area (Å²) in [6, 6.07) is 0.